The third kappa shape index (κ3) is 6.44. The number of nitrogens with zero attached hydrogens (tertiary/aromatic N) is 1. The lowest BCUT2D eigenvalue weighted by atomic mass is 9.95. The Morgan fingerprint density at radius 3 is 2.38 bits per heavy atom. The van der Waals surface area contributed by atoms with Crippen molar-refractivity contribution in [2.75, 3.05) is 13.1 Å². The van der Waals surface area contributed by atoms with Gasteiger partial charge in [-0.05, 0) is 61.7 Å². The number of carbonyl (C=O) groups excluding carboxylic acids is 1. The molecule has 1 aliphatic rings. The molecule has 1 saturated heterocycles. The second kappa shape index (κ2) is 11.0. The molecule has 0 saturated carbocycles. The van der Waals surface area contributed by atoms with Crippen LogP contribution < -0.4 is 10.1 Å². The number of benzene rings is 3. The maximum absolute atomic E-state index is 12.6. The van der Waals surface area contributed by atoms with Gasteiger partial charge < -0.3 is 10.1 Å². The Balaban J connectivity index is 1.21. The smallest absolute Gasteiger partial charge is 0.223 e. The van der Waals surface area contributed by atoms with Crippen LogP contribution in [0.5, 0.6) is 5.75 Å². The van der Waals surface area contributed by atoms with Crippen LogP contribution in [-0.2, 0) is 24.5 Å². The average Bonchev–Trinajstić information content (AvgIpc) is 2.84. The maximum atomic E-state index is 12.6. The molecule has 3 aromatic carbocycles. The molecule has 0 radical (unpaired) electrons. The van der Waals surface area contributed by atoms with Gasteiger partial charge in [-0.25, -0.2) is 0 Å². The second-order valence-corrected chi connectivity index (χ2v) is 8.68. The third-order valence-electron chi connectivity index (χ3n) is 6.10. The van der Waals surface area contributed by atoms with Crippen LogP contribution >= 0.6 is 0 Å². The molecule has 0 unspecified atom stereocenters. The fraction of sp³-hybridized carbons (Fsp3) is 0.321. The van der Waals surface area contributed by atoms with Gasteiger partial charge in [0.2, 0.25) is 5.91 Å². The number of ether oxygens (including phenoxy) is 1. The van der Waals surface area contributed by atoms with Gasteiger partial charge in [-0.2, -0.15) is 0 Å². The van der Waals surface area contributed by atoms with Gasteiger partial charge in [-0.15, -0.1) is 0 Å². The van der Waals surface area contributed by atoms with Gasteiger partial charge in [0.05, 0.1) is 0 Å². The van der Waals surface area contributed by atoms with Gasteiger partial charge in [0.25, 0.3) is 0 Å². The molecule has 1 amide bonds. The Kier molecular flexibility index (Phi) is 7.57. The van der Waals surface area contributed by atoms with Crippen molar-refractivity contribution >= 4 is 5.91 Å². The van der Waals surface area contributed by atoms with E-state index in [1.807, 2.05) is 24.3 Å². The highest BCUT2D eigenvalue weighted by molar-refractivity contribution is 5.78. The van der Waals surface area contributed by atoms with Gasteiger partial charge in [0, 0.05) is 19.0 Å². The topological polar surface area (TPSA) is 41.6 Å². The molecule has 1 fully saturated rings. The van der Waals surface area contributed by atoms with Crippen LogP contribution in [0.2, 0.25) is 0 Å². The molecule has 1 heterocycles. The molecule has 3 aromatic rings. The monoisotopic (exact) mass is 428 g/mol. The summed E-state index contributed by atoms with van der Waals surface area (Å²) in [4.78, 5) is 15.0. The van der Waals surface area contributed by atoms with Crippen molar-refractivity contribution in [3.8, 4) is 5.75 Å². The minimum absolute atomic E-state index is 0.109. The Morgan fingerprint density at radius 1 is 0.906 bits per heavy atom. The SMILES string of the molecule is Cc1ccc(CNC(=O)C2CCN(Cc3cccc(OCc4ccccc4)c3)CC2)cc1. The normalized spacial score (nSPS) is 14.8. The van der Waals surface area contributed by atoms with E-state index in [1.165, 1.54) is 16.7 Å². The van der Waals surface area contributed by atoms with E-state index < -0.39 is 0 Å². The largest absolute Gasteiger partial charge is 0.489 e. The molecule has 0 aliphatic carbocycles. The molecular formula is C28H32N2O2. The van der Waals surface area contributed by atoms with E-state index >= 15 is 0 Å². The van der Waals surface area contributed by atoms with Gasteiger partial charge in [0.15, 0.2) is 0 Å². The fourth-order valence-electron chi connectivity index (χ4n) is 4.13. The number of rotatable bonds is 8. The molecule has 1 aliphatic heterocycles. The average molecular weight is 429 g/mol. The van der Waals surface area contributed by atoms with Crippen LogP contribution in [0.4, 0.5) is 0 Å². The van der Waals surface area contributed by atoms with Crippen molar-refractivity contribution in [3.63, 3.8) is 0 Å². The minimum atomic E-state index is 0.109. The number of aryl methyl sites for hydroxylation is 1. The summed E-state index contributed by atoms with van der Waals surface area (Å²) in [5.41, 5.74) is 4.80. The molecule has 4 rings (SSSR count). The van der Waals surface area contributed by atoms with Crippen LogP contribution in [0.25, 0.3) is 0 Å². The summed E-state index contributed by atoms with van der Waals surface area (Å²) >= 11 is 0. The Hall–Kier alpha value is -3.11. The summed E-state index contributed by atoms with van der Waals surface area (Å²) in [5, 5.41) is 3.11. The number of piperidine rings is 1. The van der Waals surface area contributed by atoms with Gasteiger partial charge in [-0.3, -0.25) is 9.69 Å². The molecule has 4 nitrogen and oxygen atoms in total. The van der Waals surface area contributed by atoms with E-state index in [2.05, 4.69) is 71.7 Å². The lowest BCUT2D eigenvalue weighted by Crippen LogP contribution is -2.40. The Morgan fingerprint density at radius 2 is 1.62 bits per heavy atom. The van der Waals surface area contributed by atoms with Crippen molar-refractivity contribution in [2.45, 2.75) is 39.5 Å². The molecule has 166 valence electrons. The first kappa shape index (κ1) is 22.1. The minimum Gasteiger partial charge on any atom is -0.489 e. The number of nitrogens with one attached hydrogen (secondary N) is 1. The van der Waals surface area contributed by atoms with Crippen molar-refractivity contribution < 1.29 is 9.53 Å². The van der Waals surface area contributed by atoms with Gasteiger partial charge >= 0.3 is 0 Å². The molecular weight excluding hydrogens is 396 g/mol. The number of carbonyl (C=O) groups is 1. The summed E-state index contributed by atoms with van der Waals surface area (Å²) in [6.45, 7) is 6.03. The number of hydrogen-bond acceptors (Lipinski definition) is 3. The highest BCUT2D eigenvalue weighted by Crippen LogP contribution is 2.21. The summed E-state index contributed by atoms with van der Waals surface area (Å²) in [5.74, 6) is 1.19. The standard InChI is InChI=1S/C28H32N2O2/c1-22-10-12-23(13-11-22)19-29-28(31)26-14-16-30(17-15-26)20-25-8-5-9-27(18-25)32-21-24-6-3-2-4-7-24/h2-13,18,26H,14-17,19-21H2,1H3,(H,29,31). The summed E-state index contributed by atoms with van der Waals surface area (Å²) < 4.78 is 5.97. The third-order valence-corrected chi connectivity index (χ3v) is 6.10. The van der Waals surface area contributed by atoms with Crippen LogP contribution in [0.1, 0.15) is 35.1 Å². The lowest BCUT2D eigenvalue weighted by molar-refractivity contribution is -0.126. The second-order valence-electron chi connectivity index (χ2n) is 8.68. The summed E-state index contributed by atoms with van der Waals surface area (Å²) in [6.07, 6.45) is 1.81. The van der Waals surface area contributed by atoms with E-state index in [0.29, 0.717) is 13.2 Å². The Labute approximate surface area is 191 Å². The highest BCUT2D eigenvalue weighted by atomic mass is 16.5. The van der Waals surface area contributed by atoms with Crippen molar-refractivity contribution in [2.24, 2.45) is 5.92 Å². The van der Waals surface area contributed by atoms with Crippen molar-refractivity contribution in [3.05, 3.63) is 101 Å². The van der Waals surface area contributed by atoms with E-state index in [1.54, 1.807) is 0 Å². The fourth-order valence-corrected chi connectivity index (χ4v) is 4.13. The van der Waals surface area contributed by atoms with Crippen LogP contribution in [-0.4, -0.2) is 23.9 Å². The Bertz CT molecular complexity index is 993. The zero-order valence-corrected chi connectivity index (χ0v) is 18.8. The molecule has 4 heteroatoms. The quantitative estimate of drug-likeness (QED) is 0.543. The zero-order valence-electron chi connectivity index (χ0n) is 18.8. The van der Waals surface area contributed by atoms with Crippen molar-refractivity contribution in [1.82, 2.24) is 10.2 Å². The highest BCUT2D eigenvalue weighted by Gasteiger charge is 2.24. The van der Waals surface area contributed by atoms with Gasteiger partial charge in [-0.1, -0.05) is 72.3 Å². The lowest BCUT2D eigenvalue weighted by Gasteiger charge is -2.31. The first-order chi connectivity index (χ1) is 15.7. The first-order valence-corrected chi connectivity index (χ1v) is 11.5. The van der Waals surface area contributed by atoms with E-state index in [-0.39, 0.29) is 11.8 Å². The summed E-state index contributed by atoms with van der Waals surface area (Å²) in [6, 6.07) is 26.9. The molecule has 0 bridgehead atoms. The van der Waals surface area contributed by atoms with E-state index in [0.717, 1.165) is 43.8 Å². The van der Waals surface area contributed by atoms with E-state index in [4.69, 9.17) is 4.74 Å². The van der Waals surface area contributed by atoms with Crippen LogP contribution in [0.15, 0.2) is 78.9 Å². The van der Waals surface area contributed by atoms with E-state index in [9.17, 15) is 4.79 Å². The van der Waals surface area contributed by atoms with Crippen LogP contribution in [0.3, 0.4) is 0 Å². The molecule has 0 atom stereocenters. The number of hydrogen-bond donors (Lipinski definition) is 1. The van der Waals surface area contributed by atoms with Crippen molar-refractivity contribution in [1.29, 1.82) is 0 Å². The number of likely N-dealkylation sites (tertiary alicyclic amines) is 1. The number of amides is 1. The molecule has 0 spiro atoms. The maximum Gasteiger partial charge on any atom is 0.223 e. The molecule has 32 heavy (non-hydrogen) atoms. The van der Waals surface area contributed by atoms with Crippen LogP contribution in [0, 0.1) is 12.8 Å². The molecule has 1 N–H and O–H groups in total. The predicted octanol–water partition coefficient (Wildman–Crippen LogP) is 5.10. The van der Waals surface area contributed by atoms with Gasteiger partial charge in [0.1, 0.15) is 12.4 Å². The zero-order chi connectivity index (χ0) is 22.2. The molecule has 0 aromatic heterocycles. The first-order valence-electron chi connectivity index (χ1n) is 11.5. The summed E-state index contributed by atoms with van der Waals surface area (Å²) in [7, 11) is 0. The predicted molar refractivity (Wildman–Crippen MR) is 128 cm³/mol.